The standard InChI is InChI=1S/C16H31NO3/c1-4-6-7-8-11-14-17(5-2)15(18)12-9-10-13-16(19)20-3/h4-14H2,1-3H3. The van der Waals surface area contributed by atoms with Crippen LogP contribution in [0.3, 0.4) is 0 Å². The zero-order valence-electron chi connectivity index (χ0n) is 13.5. The number of unbranched alkanes of at least 4 members (excludes halogenated alkanes) is 5. The summed E-state index contributed by atoms with van der Waals surface area (Å²) in [5, 5.41) is 0. The Labute approximate surface area is 123 Å². The number of hydrogen-bond acceptors (Lipinski definition) is 3. The van der Waals surface area contributed by atoms with E-state index < -0.39 is 0 Å². The highest BCUT2D eigenvalue weighted by Gasteiger charge is 2.11. The highest BCUT2D eigenvalue weighted by Crippen LogP contribution is 2.07. The number of carbonyl (C=O) groups excluding carboxylic acids is 2. The van der Waals surface area contributed by atoms with E-state index in [-0.39, 0.29) is 11.9 Å². The lowest BCUT2D eigenvalue weighted by Crippen LogP contribution is -2.31. The van der Waals surface area contributed by atoms with Crippen molar-refractivity contribution in [3.63, 3.8) is 0 Å². The normalized spacial score (nSPS) is 10.3. The molecular weight excluding hydrogens is 254 g/mol. The topological polar surface area (TPSA) is 46.6 Å². The molecule has 0 aromatic heterocycles. The molecular formula is C16H31NO3. The van der Waals surface area contributed by atoms with E-state index in [0.29, 0.717) is 12.8 Å². The van der Waals surface area contributed by atoms with Gasteiger partial charge in [0.2, 0.25) is 5.91 Å². The van der Waals surface area contributed by atoms with Gasteiger partial charge in [0.25, 0.3) is 0 Å². The number of hydrogen-bond donors (Lipinski definition) is 0. The first-order chi connectivity index (χ1) is 9.65. The summed E-state index contributed by atoms with van der Waals surface area (Å²) in [7, 11) is 1.39. The van der Waals surface area contributed by atoms with Crippen molar-refractivity contribution >= 4 is 11.9 Å². The Morgan fingerprint density at radius 2 is 1.55 bits per heavy atom. The van der Waals surface area contributed by atoms with Gasteiger partial charge in [-0.3, -0.25) is 9.59 Å². The number of esters is 1. The van der Waals surface area contributed by atoms with Crippen LogP contribution in [0.15, 0.2) is 0 Å². The second kappa shape index (κ2) is 12.9. The number of ether oxygens (including phenoxy) is 1. The molecule has 0 aliphatic heterocycles. The Morgan fingerprint density at radius 1 is 0.900 bits per heavy atom. The van der Waals surface area contributed by atoms with E-state index in [1.807, 2.05) is 11.8 Å². The Kier molecular flexibility index (Phi) is 12.3. The third kappa shape index (κ3) is 9.82. The van der Waals surface area contributed by atoms with Crippen LogP contribution in [0.4, 0.5) is 0 Å². The predicted molar refractivity (Wildman–Crippen MR) is 81.5 cm³/mol. The minimum Gasteiger partial charge on any atom is -0.469 e. The predicted octanol–water partition coefficient (Wildman–Crippen LogP) is 3.54. The summed E-state index contributed by atoms with van der Waals surface area (Å²) in [6.45, 7) is 5.88. The zero-order valence-corrected chi connectivity index (χ0v) is 13.5. The van der Waals surface area contributed by atoms with Crippen LogP contribution in [0.5, 0.6) is 0 Å². The first kappa shape index (κ1) is 18.9. The Balaban J connectivity index is 3.71. The molecule has 4 heteroatoms. The monoisotopic (exact) mass is 285 g/mol. The minimum atomic E-state index is -0.194. The summed E-state index contributed by atoms with van der Waals surface area (Å²) in [5.41, 5.74) is 0. The Bertz CT molecular complexity index is 266. The van der Waals surface area contributed by atoms with Crippen molar-refractivity contribution in [1.82, 2.24) is 4.90 Å². The largest absolute Gasteiger partial charge is 0.469 e. The van der Waals surface area contributed by atoms with Gasteiger partial charge >= 0.3 is 5.97 Å². The van der Waals surface area contributed by atoms with Gasteiger partial charge < -0.3 is 9.64 Å². The second-order valence-electron chi connectivity index (χ2n) is 5.17. The average molecular weight is 285 g/mol. The van der Waals surface area contributed by atoms with Crippen LogP contribution in [0, 0.1) is 0 Å². The van der Waals surface area contributed by atoms with Crippen LogP contribution in [-0.2, 0) is 14.3 Å². The number of nitrogens with zero attached hydrogens (tertiary/aromatic N) is 1. The van der Waals surface area contributed by atoms with Crippen LogP contribution in [-0.4, -0.2) is 37.0 Å². The lowest BCUT2D eigenvalue weighted by atomic mass is 10.1. The number of rotatable bonds is 12. The molecule has 0 aromatic carbocycles. The fourth-order valence-electron chi connectivity index (χ4n) is 2.17. The van der Waals surface area contributed by atoms with Crippen LogP contribution in [0.1, 0.15) is 71.6 Å². The minimum absolute atomic E-state index is 0.194. The SMILES string of the molecule is CCCCCCCN(CC)C(=O)CCCCC(=O)OC. The molecule has 0 spiro atoms. The molecule has 0 radical (unpaired) electrons. The van der Waals surface area contributed by atoms with Gasteiger partial charge in [0.1, 0.15) is 0 Å². The maximum Gasteiger partial charge on any atom is 0.305 e. The van der Waals surface area contributed by atoms with Crippen LogP contribution < -0.4 is 0 Å². The van der Waals surface area contributed by atoms with Gasteiger partial charge in [0.15, 0.2) is 0 Å². The van der Waals surface area contributed by atoms with Gasteiger partial charge in [0.05, 0.1) is 7.11 Å². The summed E-state index contributed by atoms with van der Waals surface area (Å²) >= 11 is 0. The van der Waals surface area contributed by atoms with E-state index in [2.05, 4.69) is 11.7 Å². The van der Waals surface area contributed by atoms with Gasteiger partial charge in [0, 0.05) is 25.9 Å². The molecule has 0 atom stereocenters. The molecule has 0 bridgehead atoms. The van der Waals surface area contributed by atoms with Crippen LogP contribution in [0.25, 0.3) is 0 Å². The molecule has 20 heavy (non-hydrogen) atoms. The van der Waals surface area contributed by atoms with Crippen molar-refractivity contribution in [2.45, 2.75) is 71.6 Å². The van der Waals surface area contributed by atoms with E-state index in [1.165, 1.54) is 32.8 Å². The zero-order chi connectivity index (χ0) is 15.2. The Hall–Kier alpha value is -1.06. The molecule has 0 unspecified atom stereocenters. The summed E-state index contributed by atoms with van der Waals surface area (Å²) in [6.07, 6.45) is 8.55. The number of amides is 1. The van der Waals surface area contributed by atoms with E-state index in [9.17, 15) is 9.59 Å². The molecule has 4 nitrogen and oxygen atoms in total. The quantitative estimate of drug-likeness (QED) is 0.407. The second-order valence-corrected chi connectivity index (χ2v) is 5.17. The fourth-order valence-corrected chi connectivity index (χ4v) is 2.17. The lowest BCUT2D eigenvalue weighted by molar-refractivity contribution is -0.141. The van der Waals surface area contributed by atoms with Gasteiger partial charge in [-0.15, -0.1) is 0 Å². The number of carbonyl (C=O) groups is 2. The molecule has 1 amide bonds. The third-order valence-corrected chi connectivity index (χ3v) is 3.52. The highest BCUT2D eigenvalue weighted by molar-refractivity contribution is 5.76. The molecule has 0 saturated carbocycles. The smallest absolute Gasteiger partial charge is 0.305 e. The van der Waals surface area contributed by atoms with Crippen LogP contribution >= 0.6 is 0 Å². The average Bonchev–Trinajstić information content (AvgIpc) is 2.46. The highest BCUT2D eigenvalue weighted by atomic mass is 16.5. The first-order valence-corrected chi connectivity index (χ1v) is 8.00. The lowest BCUT2D eigenvalue weighted by Gasteiger charge is -2.20. The van der Waals surface area contributed by atoms with Gasteiger partial charge in [-0.2, -0.15) is 0 Å². The van der Waals surface area contributed by atoms with Gasteiger partial charge in [-0.05, 0) is 26.2 Å². The molecule has 0 aliphatic carbocycles. The summed E-state index contributed by atoms with van der Waals surface area (Å²) < 4.78 is 4.58. The molecule has 0 N–H and O–H groups in total. The molecule has 0 saturated heterocycles. The van der Waals surface area contributed by atoms with E-state index in [1.54, 1.807) is 0 Å². The van der Waals surface area contributed by atoms with E-state index in [0.717, 1.165) is 32.4 Å². The molecule has 0 fully saturated rings. The maximum absolute atomic E-state index is 12.0. The van der Waals surface area contributed by atoms with Crippen molar-refractivity contribution in [1.29, 1.82) is 0 Å². The Morgan fingerprint density at radius 3 is 2.15 bits per heavy atom. The summed E-state index contributed by atoms with van der Waals surface area (Å²) in [4.78, 5) is 24.9. The molecule has 0 aromatic rings. The van der Waals surface area contributed by atoms with Crippen molar-refractivity contribution in [2.75, 3.05) is 20.2 Å². The van der Waals surface area contributed by atoms with Crippen molar-refractivity contribution in [2.24, 2.45) is 0 Å². The molecule has 0 aliphatic rings. The molecule has 0 heterocycles. The van der Waals surface area contributed by atoms with Crippen molar-refractivity contribution < 1.29 is 14.3 Å². The van der Waals surface area contributed by atoms with Crippen molar-refractivity contribution in [3.8, 4) is 0 Å². The third-order valence-electron chi connectivity index (χ3n) is 3.52. The van der Waals surface area contributed by atoms with E-state index >= 15 is 0 Å². The van der Waals surface area contributed by atoms with Gasteiger partial charge in [-0.1, -0.05) is 32.6 Å². The summed E-state index contributed by atoms with van der Waals surface area (Å²) in [6, 6.07) is 0. The van der Waals surface area contributed by atoms with Gasteiger partial charge in [-0.25, -0.2) is 0 Å². The fraction of sp³-hybridized carbons (Fsp3) is 0.875. The first-order valence-electron chi connectivity index (χ1n) is 8.00. The van der Waals surface area contributed by atoms with Crippen molar-refractivity contribution in [3.05, 3.63) is 0 Å². The number of methoxy groups -OCH3 is 1. The van der Waals surface area contributed by atoms with Crippen LogP contribution in [0.2, 0.25) is 0 Å². The van der Waals surface area contributed by atoms with E-state index in [4.69, 9.17) is 0 Å². The molecule has 0 rings (SSSR count). The molecule has 118 valence electrons. The summed E-state index contributed by atoms with van der Waals surface area (Å²) in [5.74, 6) is 0.0218. The maximum atomic E-state index is 12.0.